The van der Waals surface area contributed by atoms with Gasteiger partial charge in [-0.15, -0.1) is 0 Å². The number of rotatable bonds is 7. The fourth-order valence-corrected chi connectivity index (χ4v) is 2.93. The van der Waals surface area contributed by atoms with Gasteiger partial charge in [-0.2, -0.15) is 0 Å². The van der Waals surface area contributed by atoms with Crippen molar-refractivity contribution in [2.24, 2.45) is 0 Å². The second-order valence-electron chi connectivity index (χ2n) is 5.89. The standard InChI is InChI=1S/C18H29NO2/c1-4-15-8-10-16(11-9-15)18(19-3)14(2)21-13-17-7-5-6-12-20-17/h8-11,14,17-19H,4-7,12-13H2,1-3H3. The molecule has 21 heavy (non-hydrogen) atoms. The Morgan fingerprint density at radius 2 is 2.05 bits per heavy atom. The van der Waals surface area contributed by atoms with E-state index in [4.69, 9.17) is 9.47 Å². The maximum atomic E-state index is 6.06. The summed E-state index contributed by atoms with van der Waals surface area (Å²) in [5.41, 5.74) is 2.66. The van der Waals surface area contributed by atoms with Crippen molar-refractivity contribution in [3.63, 3.8) is 0 Å². The third-order valence-corrected chi connectivity index (χ3v) is 4.35. The van der Waals surface area contributed by atoms with Gasteiger partial charge in [0.05, 0.1) is 24.9 Å². The number of likely N-dealkylation sites (N-methyl/N-ethyl adjacent to an activating group) is 1. The quantitative estimate of drug-likeness (QED) is 0.834. The van der Waals surface area contributed by atoms with Gasteiger partial charge in [-0.05, 0) is 50.8 Å². The van der Waals surface area contributed by atoms with Crippen molar-refractivity contribution in [1.29, 1.82) is 0 Å². The molecule has 118 valence electrons. The zero-order valence-electron chi connectivity index (χ0n) is 13.6. The fourth-order valence-electron chi connectivity index (χ4n) is 2.93. The molecule has 3 nitrogen and oxygen atoms in total. The Morgan fingerprint density at radius 1 is 1.29 bits per heavy atom. The molecule has 1 fully saturated rings. The van der Waals surface area contributed by atoms with Crippen LogP contribution in [0, 0.1) is 0 Å². The summed E-state index contributed by atoms with van der Waals surface area (Å²) < 4.78 is 11.8. The van der Waals surface area contributed by atoms with Gasteiger partial charge in [0, 0.05) is 6.61 Å². The van der Waals surface area contributed by atoms with Crippen molar-refractivity contribution in [3.05, 3.63) is 35.4 Å². The van der Waals surface area contributed by atoms with Crippen molar-refractivity contribution >= 4 is 0 Å². The normalized spacial score (nSPS) is 22.0. The van der Waals surface area contributed by atoms with E-state index in [2.05, 4.69) is 43.4 Å². The molecule has 0 spiro atoms. The first-order valence-corrected chi connectivity index (χ1v) is 8.24. The molecular formula is C18H29NO2. The first-order chi connectivity index (χ1) is 10.2. The monoisotopic (exact) mass is 291 g/mol. The zero-order chi connectivity index (χ0) is 15.1. The third kappa shape index (κ3) is 4.80. The molecule has 1 saturated heterocycles. The maximum Gasteiger partial charge on any atom is 0.0808 e. The molecule has 1 aliphatic heterocycles. The number of hydrogen-bond donors (Lipinski definition) is 1. The highest BCUT2D eigenvalue weighted by Crippen LogP contribution is 2.21. The van der Waals surface area contributed by atoms with E-state index in [-0.39, 0.29) is 18.2 Å². The fraction of sp³-hybridized carbons (Fsp3) is 0.667. The van der Waals surface area contributed by atoms with Crippen molar-refractivity contribution in [1.82, 2.24) is 5.32 Å². The van der Waals surface area contributed by atoms with Gasteiger partial charge >= 0.3 is 0 Å². The van der Waals surface area contributed by atoms with E-state index in [1.165, 1.54) is 24.0 Å². The van der Waals surface area contributed by atoms with E-state index in [0.717, 1.165) is 19.4 Å². The Kier molecular flexibility index (Phi) is 6.68. The summed E-state index contributed by atoms with van der Waals surface area (Å²) in [4.78, 5) is 0. The van der Waals surface area contributed by atoms with Crippen LogP contribution in [-0.2, 0) is 15.9 Å². The van der Waals surface area contributed by atoms with Crippen LogP contribution in [-0.4, -0.2) is 32.5 Å². The van der Waals surface area contributed by atoms with Gasteiger partial charge in [-0.25, -0.2) is 0 Å². The van der Waals surface area contributed by atoms with Crippen molar-refractivity contribution in [3.8, 4) is 0 Å². The highest BCUT2D eigenvalue weighted by atomic mass is 16.5. The average Bonchev–Trinajstić information content (AvgIpc) is 2.55. The third-order valence-electron chi connectivity index (χ3n) is 4.35. The molecule has 0 amide bonds. The molecule has 1 aliphatic rings. The lowest BCUT2D eigenvalue weighted by atomic mass is 10.00. The number of aryl methyl sites for hydroxylation is 1. The van der Waals surface area contributed by atoms with E-state index in [9.17, 15) is 0 Å². The molecule has 0 bridgehead atoms. The number of benzene rings is 1. The first-order valence-electron chi connectivity index (χ1n) is 8.24. The van der Waals surface area contributed by atoms with E-state index in [1.54, 1.807) is 0 Å². The minimum Gasteiger partial charge on any atom is -0.376 e. The minimum atomic E-state index is 0.132. The second-order valence-corrected chi connectivity index (χ2v) is 5.89. The molecule has 3 heteroatoms. The molecule has 3 atom stereocenters. The summed E-state index contributed by atoms with van der Waals surface area (Å²) in [5, 5.41) is 3.38. The van der Waals surface area contributed by atoms with Crippen LogP contribution in [0.3, 0.4) is 0 Å². The summed E-state index contributed by atoms with van der Waals surface area (Å²) in [6.45, 7) is 5.90. The van der Waals surface area contributed by atoms with Gasteiger partial charge in [0.1, 0.15) is 0 Å². The molecule has 0 aromatic heterocycles. The van der Waals surface area contributed by atoms with E-state index >= 15 is 0 Å². The zero-order valence-corrected chi connectivity index (χ0v) is 13.6. The lowest BCUT2D eigenvalue weighted by Crippen LogP contribution is -2.33. The highest BCUT2D eigenvalue weighted by Gasteiger charge is 2.21. The van der Waals surface area contributed by atoms with Crippen LogP contribution in [0.4, 0.5) is 0 Å². The smallest absolute Gasteiger partial charge is 0.0808 e. The summed E-state index contributed by atoms with van der Waals surface area (Å²) in [6.07, 6.45) is 5.07. The van der Waals surface area contributed by atoms with Gasteiger partial charge in [-0.1, -0.05) is 31.2 Å². The minimum absolute atomic E-state index is 0.132. The molecule has 1 heterocycles. The number of hydrogen-bond acceptors (Lipinski definition) is 3. The van der Waals surface area contributed by atoms with Crippen LogP contribution in [0.5, 0.6) is 0 Å². The van der Waals surface area contributed by atoms with Gasteiger partial charge in [0.15, 0.2) is 0 Å². The van der Waals surface area contributed by atoms with E-state index in [0.29, 0.717) is 6.61 Å². The Labute approximate surface area is 129 Å². The van der Waals surface area contributed by atoms with Crippen LogP contribution in [0.15, 0.2) is 24.3 Å². The molecule has 3 unspecified atom stereocenters. The topological polar surface area (TPSA) is 30.5 Å². The lowest BCUT2D eigenvalue weighted by molar-refractivity contribution is -0.0660. The number of ether oxygens (including phenoxy) is 2. The van der Waals surface area contributed by atoms with Crippen molar-refractivity contribution in [2.45, 2.75) is 57.8 Å². The Morgan fingerprint density at radius 3 is 2.62 bits per heavy atom. The lowest BCUT2D eigenvalue weighted by Gasteiger charge is -2.28. The molecule has 1 aromatic rings. The summed E-state index contributed by atoms with van der Waals surface area (Å²) >= 11 is 0. The SMILES string of the molecule is CCc1ccc(C(NC)C(C)OCC2CCCCO2)cc1. The van der Waals surface area contributed by atoms with Gasteiger partial charge in [0.2, 0.25) is 0 Å². The van der Waals surface area contributed by atoms with Crippen LogP contribution in [0.25, 0.3) is 0 Å². The van der Waals surface area contributed by atoms with Crippen LogP contribution in [0.2, 0.25) is 0 Å². The second kappa shape index (κ2) is 8.52. The van der Waals surface area contributed by atoms with E-state index < -0.39 is 0 Å². The highest BCUT2D eigenvalue weighted by molar-refractivity contribution is 5.25. The predicted octanol–water partition coefficient (Wildman–Crippen LogP) is 3.48. The molecule has 1 aromatic carbocycles. The van der Waals surface area contributed by atoms with Crippen LogP contribution >= 0.6 is 0 Å². The Hall–Kier alpha value is -0.900. The summed E-state index contributed by atoms with van der Waals surface area (Å²) in [6, 6.07) is 9.04. The van der Waals surface area contributed by atoms with Crippen molar-refractivity contribution < 1.29 is 9.47 Å². The summed E-state index contributed by atoms with van der Waals surface area (Å²) in [5.74, 6) is 0. The van der Waals surface area contributed by atoms with Gasteiger partial charge in [-0.3, -0.25) is 0 Å². The van der Waals surface area contributed by atoms with E-state index in [1.807, 2.05) is 7.05 Å². The first kappa shape index (κ1) is 16.5. The predicted molar refractivity (Wildman–Crippen MR) is 86.6 cm³/mol. The molecule has 0 saturated carbocycles. The molecular weight excluding hydrogens is 262 g/mol. The largest absolute Gasteiger partial charge is 0.376 e. The van der Waals surface area contributed by atoms with Crippen molar-refractivity contribution in [2.75, 3.05) is 20.3 Å². The molecule has 2 rings (SSSR count). The maximum absolute atomic E-state index is 6.06. The van der Waals surface area contributed by atoms with Crippen LogP contribution in [0.1, 0.15) is 50.3 Å². The Balaban J connectivity index is 1.88. The number of nitrogens with one attached hydrogen (secondary N) is 1. The van der Waals surface area contributed by atoms with Gasteiger partial charge in [0.25, 0.3) is 0 Å². The summed E-state index contributed by atoms with van der Waals surface area (Å²) in [7, 11) is 2.00. The molecule has 1 N–H and O–H groups in total. The van der Waals surface area contributed by atoms with Crippen LogP contribution < -0.4 is 5.32 Å². The average molecular weight is 291 g/mol. The molecule has 0 radical (unpaired) electrons. The molecule has 0 aliphatic carbocycles. The van der Waals surface area contributed by atoms with Gasteiger partial charge < -0.3 is 14.8 Å². The Bertz CT molecular complexity index is 398.